The second-order valence-electron chi connectivity index (χ2n) is 6.75. The summed E-state index contributed by atoms with van der Waals surface area (Å²) in [5.41, 5.74) is 5.73. The molecule has 5 aromatic rings. The average Bonchev–Trinajstić information content (AvgIpc) is 3.20. The standard InChI is InChI=1S/C21H18N8O/c1-13-3-4-14(10-23-13)16-5-6-19-26-27-20(29(19)28-16)12-24-17-7-8-22-18-9-15(30-2)11-25-21(17)18/h3-11H,12H2,1-2H3,(H,22,24). The highest BCUT2D eigenvalue weighted by atomic mass is 16.5. The van der Waals surface area contributed by atoms with E-state index in [4.69, 9.17) is 9.84 Å². The maximum Gasteiger partial charge on any atom is 0.178 e. The third-order valence-corrected chi connectivity index (χ3v) is 4.76. The minimum Gasteiger partial charge on any atom is -0.495 e. The zero-order chi connectivity index (χ0) is 20.5. The Balaban J connectivity index is 1.45. The van der Waals surface area contributed by atoms with Gasteiger partial charge in [-0.15, -0.1) is 10.2 Å². The number of aromatic nitrogens is 7. The summed E-state index contributed by atoms with van der Waals surface area (Å²) in [5, 5.41) is 16.6. The molecule has 0 spiro atoms. The van der Waals surface area contributed by atoms with E-state index >= 15 is 0 Å². The van der Waals surface area contributed by atoms with Gasteiger partial charge >= 0.3 is 0 Å². The molecule has 5 aromatic heterocycles. The average molecular weight is 398 g/mol. The Labute approximate surface area is 171 Å². The SMILES string of the molecule is COc1cnc2c(NCc3nnc4ccc(-c5ccc(C)nc5)nn34)ccnc2c1. The van der Waals surface area contributed by atoms with Crippen LogP contribution >= 0.6 is 0 Å². The second kappa shape index (κ2) is 7.36. The molecule has 1 N–H and O–H groups in total. The van der Waals surface area contributed by atoms with Gasteiger partial charge in [0.25, 0.3) is 0 Å². The predicted octanol–water partition coefficient (Wildman–Crippen LogP) is 3.06. The van der Waals surface area contributed by atoms with Gasteiger partial charge in [0.1, 0.15) is 11.3 Å². The molecule has 0 aliphatic heterocycles. The fraction of sp³-hybridized carbons (Fsp3) is 0.143. The van der Waals surface area contributed by atoms with Gasteiger partial charge in [-0.25, -0.2) is 4.98 Å². The van der Waals surface area contributed by atoms with Gasteiger partial charge in [0.05, 0.1) is 36.7 Å². The Kier molecular flexibility index (Phi) is 4.40. The largest absolute Gasteiger partial charge is 0.495 e. The molecule has 0 atom stereocenters. The highest BCUT2D eigenvalue weighted by molar-refractivity contribution is 5.87. The van der Waals surface area contributed by atoms with Crippen LogP contribution in [0, 0.1) is 6.92 Å². The summed E-state index contributed by atoms with van der Waals surface area (Å²) in [6, 6.07) is 11.5. The fourth-order valence-corrected chi connectivity index (χ4v) is 3.16. The van der Waals surface area contributed by atoms with Crippen LogP contribution in [0.2, 0.25) is 0 Å². The van der Waals surface area contributed by atoms with Crippen molar-refractivity contribution in [3.05, 3.63) is 66.5 Å². The highest BCUT2D eigenvalue weighted by Crippen LogP contribution is 2.23. The number of nitrogens with zero attached hydrogens (tertiary/aromatic N) is 7. The number of anilines is 1. The summed E-state index contributed by atoms with van der Waals surface area (Å²) < 4.78 is 6.96. The summed E-state index contributed by atoms with van der Waals surface area (Å²) in [6.07, 6.45) is 5.22. The predicted molar refractivity (Wildman–Crippen MR) is 112 cm³/mol. The monoisotopic (exact) mass is 398 g/mol. The molecule has 9 nitrogen and oxygen atoms in total. The quantitative estimate of drug-likeness (QED) is 0.482. The van der Waals surface area contributed by atoms with Gasteiger partial charge in [-0.1, -0.05) is 0 Å². The Morgan fingerprint density at radius 1 is 1.00 bits per heavy atom. The van der Waals surface area contributed by atoms with Gasteiger partial charge in [0.2, 0.25) is 0 Å². The number of nitrogens with one attached hydrogen (secondary N) is 1. The van der Waals surface area contributed by atoms with Crippen molar-refractivity contribution < 1.29 is 4.74 Å². The zero-order valence-electron chi connectivity index (χ0n) is 16.4. The lowest BCUT2D eigenvalue weighted by Crippen LogP contribution is -2.07. The molecule has 0 amide bonds. The van der Waals surface area contributed by atoms with E-state index in [0.717, 1.165) is 33.7 Å². The van der Waals surface area contributed by atoms with Gasteiger partial charge in [-0.05, 0) is 37.3 Å². The topological polar surface area (TPSA) is 103 Å². The minimum absolute atomic E-state index is 0.427. The van der Waals surface area contributed by atoms with E-state index < -0.39 is 0 Å². The molecule has 0 aromatic carbocycles. The van der Waals surface area contributed by atoms with E-state index in [-0.39, 0.29) is 0 Å². The van der Waals surface area contributed by atoms with Crippen LogP contribution in [0.4, 0.5) is 5.69 Å². The molecule has 0 unspecified atom stereocenters. The Morgan fingerprint density at radius 3 is 2.77 bits per heavy atom. The molecule has 0 bridgehead atoms. The smallest absolute Gasteiger partial charge is 0.178 e. The zero-order valence-corrected chi connectivity index (χ0v) is 16.4. The van der Waals surface area contributed by atoms with Crippen LogP contribution in [0.15, 0.2) is 55.0 Å². The number of rotatable bonds is 5. The number of hydrogen-bond donors (Lipinski definition) is 1. The van der Waals surface area contributed by atoms with E-state index in [1.165, 1.54) is 0 Å². The number of methoxy groups -OCH3 is 1. The minimum atomic E-state index is 0.427. The Bertz CT molecular complexity index is 1350. The van der Waals surface area contributed by atoms with Crippen LogP contribution in [0.3, 0.4) is 0 Å². The van der Waals surface area contributed by atoms with Crippen LogP contribution in [-0.2, 0) is 6.54 Å². The van der Waals surface area contributed by atoms with Crippen LogP contribution in [0.5, 0.6) is 5.75 Å². The number of hydrogen-bond acceptors (Lipinski definition) is 8. The number of pyridine rings is 3. The van der Waals surface area contributed by atoms with Crippen molar-refractivity contribution in [2.75, 3.05) is 12.4 Å². The van der Waals surface area contributed by atoms with Crippen molar-refractivity contribution in [2.24, 2.45) is 0 Å². The normalized spacial score (nSPS) is 11.1. The molecule has 0 fully saturated rings. The van der Waals surface area contributed by atoms with E-state index in [0.29, 0.717) is 23.8 Å². The van der Waals surface area contributed by atoms with E-state index in [1.807, 2.05) is 49.5 Å². The number of ether oxygens (including phenoxy) is 1. The molecule has 9 heteroatoms. The van der Waals surface area contributed by atoms with E-state index in [1.54, 1.807) is 24.0 Å². The van der Waals surface area contributed by atoms with Gasteiger partial charge < -0.3 is 10.1 Å². The molecule has 5 rings (SSSR count). The highest BCUT2D eigenvalue weighted by Gasteiger charge is 2.11. The van der Waals surface area contributed by atoms with Gasteiger partial charge in [-0.2, -0.15) is 9.61 Å². The van der Waals surface area contributed by atoms with Crippen LogP contribution in [-0.4, -0.2) is 41.9 Å². The first kappa shape index (κ1) is 17.9. The fourth-order valence-electron chi connectivity index (χ4n) is 3.16. The Hall–Kier alpha value is -4.14. The summed E-state index contributed by atoms with van der Waals surface area (Å²) in [4.78, 5) is 13.2. The molecule has 0 aliphatic carbocycles. The van der Waals surface area contributed by atoms with Crippen LogP contribution in [0.25, 0.3) is 27.9 Å². The molecule has 0 radical (unpaired) electrons. The van der Waals surface area contributed by atoms with Crippen molar-refractivity contribution >= 4 is 22.4 Å². The van der Waals surface area contributed by atoms with Gasteiger partial charge in [0.15, 0.2) is 11.5 Å². The molecular weight excluding hydrogens is 380 g/mol. The van der Waals surface area contributed by atoms with Crippen molar-refractivity contribution in [1.82, 2.24) is 34.8 Å². The molecular formula is C21H18N8O. The summed E-state index contributed by atoms with van der Waals surface area (Å²) in [5.74, 6) is 1.35. The number of aryl methyl sites for hydroxylation is 1. The van der Waals surface area contributed by atoms with Crippen molar-refractivity contribution in [3.63, 3.8) is 0 Å². The second-order valence-corrected chi connectivity index (χ2v) is 6.75. The van der Waals surface area contributed by atoms with Crippen molar-refractivity contribution in [2.45, 2.75) is 13.5 Å². The van der Waals surface area contributed by atoms with E-state index in [9.17, 15) is 0 Å². The molecule has 30 heavy (non-hydrogen) atoms. The van der Waals surface area contributed by atoms with Crippen molar-refractivity contribution in [3.8, 4) is 17.0 Å². The van der Waals surface area contributed by atoms with E-state index in [2.05, 4.69) is 30.5 Å². The lowest BCUT2D eigenvalue weighted by molar-refractivity contribution is 0.413. The third kappa shape index (κ3) is 3.26. The van der Waals surface area contributed by atoms with Gasteiger partial charge in [-0.3, -0.25) is 9.97 Å². The first-order chi connectivity index (χ1) is 14.7. The summed E-state index contributed by atoms with van der Waals surface area (Å²) in [6.45, 7) is 2.38. The molecule has 0 saturated carbocycles. The van der Waals surface area contributed by atoms with Gasteiger partial charge in [0, 0.05) is 29.7 Å². The summed E-state index contributed by atoms with van der Waals surface area (Å²) in [7, 11) is 1.61. The first-order valence-corrected chi connectivity index (χ1v) is 9.38. The third-order valence-electron chi connectivity index (χ3n) is 4.76. The molecule has 5 heterocycles. The lowest BCUT2D eigenvalue weighted by Gasteiger charge is -2.09. The maximum absolute atomic E-state index is 5.23. The first-order valence-electron chi connectivity index (χ1n) is 9.38. The number of fused-ring (bicyclic) bond motifs is 2. The molecule has 0 saturated heterocycles. The summed E-state index contributed by atoms with van der Waals surface area (Å²) >= 11 is 0. The van der Waals surface area contributed by atoms with Crippen molar-refractivity contribution in [1.29, 1.82) is 0 Å². The molecule has 0 aliphatic rings. The maximum atomic E-state index is 5.23. The Morgan fingerprint density at radius 2 is 1.93 bits per heavy atom. The lowest BCUT2D eigenvalue weighted by atomic mass is 10.2. The van der Waals surface area contributed by atoms with Crippen LogP contribution < -0.4 is 10.1 Å². The molecule has 148 valence electrons. The van der Waals surface area contributed by atoms with Crippen LogP contribution in [0.1, 0.15) is 11.5 Å².